The molecule has 0 aliphatic heterocycles. The lowest BCUT2D eigenvalue weighted by Crippen LogP contribution is -2.31. The van der Waals surface area contributed by atoms with Gasteiger partial charge >= 0.3 is 0 Å². The third kappa shape index (κ3) is 2.60. The first-order valence-corrected chi connectivity index (χ1v) is 6.82. The Bertz CT molecular complexity index is 921. The van der Waals surface area contributed by atoms with Crippen molar-refractivity contribution in [1.82, 2.24) is 14.8 Å². The molecular weight excluding hydrogens is 305 g/mol. The fraction of sp³-hybridized carbons (Fsp3) is 0.0667. The van der Waals surface area contributed by atoms with Crippen molar-refractivity contribution < 1.29 is 4.39 Å². The molecule has 2 aromatic heterocycles. The van der Waals surface area contributed by atoms with Gasteiger partial charge < -0.3 is 0 Å². The van der Waals surface area contributed by atoms with E-state index in [9.17, 15) is 4.39 Å². The Balaban J connectivity index is 2.01. The van der Waals surface area contributed by atoms with Gasteiger partial charge in [0.1, 0.15) is 10.6 Å². The molecule has 3 aromatic rings. The summed E-state index contributed by atoms with van der Waals surface area (Å²) in [6, 6.07) is 11.3. The predicted molar refractivity (Wildman–Crippen MR) is 81.8 cm³/mol. The van der Waals surface area contributed by atoms with E-state index in [1.54, 1.807) is 30.5 Å². The number of aromatic nitrogens is 3. The normalized spacial score (nSPS) is 12.3. The van der Waals surface area contributed by atoms with Crippen LogP contribution in [0.1, 0.15) is 11.7 Å². The molecule has 0 fully saturated rings. The molecular formula is C15H11ClFN5. The Morgan fingerprint density at radius 1 is 1.23 bits per heavy atom. The summed E-state index contributed by atoms with van der Waals surface area (Å²) in [6.45, 7) is 0. The molecule has 22 heavy (non-hydrogen) atoms. The maximum absolute atomic E-state index is 14.6. The van der Waals surface area contributed by atoms with Crippen LogP contribution in [0.5, 0.6) is 0 Å². The molecule has 0 amide bonds. The Kier molecular flexibility index (Phi) is 3.68. The van der Waals surface area contributed by atoms with Gasteiger partial charge in [0, 0.05) is 11.6 Å². The smallest absolute Gasteiger partial charge is 0.184 e. The fourth-order valence-corrected chi connectivity index (χ4v) is 2.24. The number of benzene rings is 1. The van der Waals surface area contributed by atoms with E-state index in [1.165, 1.54) is 12.1 Å². The molecule has 1 atom stereocenters. The van der Waals surface area contributed by atoms with E-state index in [1.807, 2.05) is 6.07 Å². The summed E-state index contributed by atoms with van der Waals surface area (Å²) < 4.78 is 15.5. The van der Waals surface area contributed by atoms with Crippen molar-refractivity contribution in [2.45, 2.75) is 6.17 Å². The third-order valence-electron chi connectivity index (χ3n) is 3.19. The highest BCUT2D eigenvalue weighted by Crippen LogP contribution is 2.23. The van der Waals surface area contributed by atoms with Crippen LogP contribution >= 0.6 is 11.6 Å². The lowest BCUT2D eigenvalue weighted by Gasteiger charge is -2.13. The molecule has 0 bridgehead atoms. The van der Waals surface area contributed by atoms with Gasteiger partial charge in [-0.05, 0) is 35.9 Å². The van der Waals surface area contributed by atoms with Gasteiger partial charge in [-0.1, -0.05) is 23.7 Å². The Morgan fingerprint density at radius 3 is 2.86 bits per heavy atom. The molecule has 0 spiro atoms. The predicted octanol–water partition coefficient (Wildman–Crippen LogP) is 3.10. The van der Waals surface area contributed by atoms with Gasteiger partial charge in [-0.25, -0.2) is 4.39 Å². The van der Waals surface area contributed by atoms with Crippen molar-refractivity contribution >= 4 is 28.3 Å². The monoisotopic (exact) mass is 315 g/mol. The van der Waals surface area contributed by atoms with E-state index in [0.717, 1.165) is 15.6 Å². The highest BCUT2D eigenvalue weighted by molar-refractivity contribution is 6.29. The summed E-state index contributed by atoms with van der Waals surface area (Å²) in [5.74, 6) is -0.462. The van der Waals surface area contributed by atoms with Crippen molar-refractivity contribution in [1.29, 1.82) is 10.8 Å². The molecule has 5 nitrogen and oxygen atoms in total. The van der Waals surface area contributed by atoms with Gasteiger partial charge in [0.15, 0.2) is 12.0 Å². The Labute approximate surface area is 130 Å². The van der Waals surface area contributed by atoms with E-state index in [-0.39, 0.29) is 10.6 Å². The minimum atomic E-state index is -1.72. The fourth-order valence-electron chi connectivity index (χ4n) is 2.10. The zero-order valence-electron chi connectivity index (χ0n) is 11.3. The zero-order chi connectivity index (χ0) is 15.7. The number of nitrogens with zero attached hydrogens (tertiary/aromatic N) is 3. The Hall–Kier alpha value is -2.60. The molecule has 0 saturated carbocycles. The summed E-state index contributed by atoms with van der Waals surface area (Å²) in [5, 5.41) is 20.3. The molecule has 3 rings (SSSR count). The standard InChI is InChI=1S/C15H11ClFN5/c16-12-5-6-13(18)22(21-12)15(19)14(17)10-3-4-11-9(8-10)2-1-7-20-11/h1-8,14,18-19H. The maximum atomic E-state index is 14.6. The van der Waals surface area contributed by atoms with Crippen LogP contribution in [0.4, 0.5) is 4.39 Å². The number of rotatable bonds is 2. The molecule has 0 radical (unpaired) electrons. The number of alkyl halides is 1. The molecule has 7 heteroatoms. The first kappa shape index (κ1) is 14.3. The highest BCUT2D eigenvalue weighted by Gasteiger charge is 2.19. The zero-order valence-corrected chi connectivity index (χ0v) is 12.0. The molecule has 2 heterocycles. The molecule has 2 N–H and O–H groups in total. The molecule has 0 aliphatic carbocycles. The average Bonchev–Trinajstić information content (AvgIpc) is 2.55. The average molecular weight is 316 g/mol. The van der Waals surface area contributed by atoms with E-state index < -0.39 is 12.0 Å². The van der Waals surface area contributed by atoms with Crippen LogP contribution in [0.15, 0.2) is 48.7 Å². The number of hydrogen-bond donors (Lipinski definition) is 2. The van der Waals surface area contributed by atoms with Crippen molar-refractivity contribution in [3.63, 3.8) is 0 Å². The first-order chi connectivity index (χ1) is 10.6. The van der Waals surface area contributed by atoms with Crippen LogP contribution < -0.4 is 5.49 Å². The molecule has 1 aromatic carbocycles. The van der Waals surface area contributed by atoms with Gasteiger partial charge in [-0.15, -0.1) is 0 Å². The topological polar surface area (TPSA) is 78.4 Å². The minimum Gasteiger partial charge on any atom is -0.284 e. The molecule has 1 unspecified atom stereocenters. The van der Waals surface area contributed by atoms with Gasteiger partial charge in [-0.2, -0.15) is 9.78 Å². The third-order valence-corrected chi connectivity index (χ3v) is 3.39. The molecule has 0 aliphatic rings. The van der Waals surface area contributed by atoms with Crippen LogP contribution in [0.2, 0.25) is 5.15 Å². The van der Waals surface area contributed by atoms with Crippen LogP contribution in [0, 0.1) is 10.8 Å². The van der Waals surface area contributed by atoms with E-state index in [2.05, 4.69) is 10.1 Å². The summed E-state index contributed by atoms with van der Waals surface area (Å²) in [5.41, 5.74) is 0.943. The van der Waals surface area contributed by atoms with Gasteiger partial charge in [0.25, 0.3) is 0 Å². The van der Waals surface area contributed by atoms with Crippen molar-refractivity contribution in [3.8, 4) is 0 Å². The Morgan fingerprint density at radius 2 is 2.05 bits per heavy atom. The summed E-state index contributed by atoms with van der Waals surface area (Å²) >= 11 is 5.75. The van der Waals surface area contributed by atoms with Crippen LogP contribution in [-0.4, -0.2) is 20.6 Å². The number of hydrogen-bond acceptors (Lipinski definition) is 4. The summed E-state index contributed by atoms with van der Waals surface area (Å²) in [4.78, 5) is 4.17. The van der Waals surface area contributed by atoms with Crippen molar-refractivity contribution in [2.24, 2.45) is 0 Å². The number of fused-ring (bicyclic) bond motifs is 1. The van der Waals surface area contributed by atoms with Crippen LogP contribution in [0.3, 0.4) is 0 Å². The SMILES string of the molecule is N=C(C(F)c1ccc2ncccc2c1)n1nc(Cl)ccc1=N. The lowest BCUT2D eigenvalue weighted by molar-refractivity contribution is 0.424. The lowest BCUT2D eigenvalue weighted by atomic mass is 10.1. The van der Waals surface area contributed by atoms with E-state index in [4.69, 9.17) is 22.4 Å². The summed E-state index contributed by atoms with van der Waals surface area (Å²) in [6.07, 6.45) is -0.0561. The number of pyridine rings is 1. The van der Waals surface area contributed by atoms with Crippen molar-refractivity contribution in [3.05, 3.63) is 64.9 Å². The number of nitrogens with one attached hydrogen (secondary N) is 2. The largest absolute Gasteiger partial charge is 0.284 e. The van der Waals surface area contributed by atoms with Crippen molar-refractivity contribution in [2.75, 3.05) is 0 Å². The van der Waals surface area contributed by atoms with Crippen LogP contribution in [-0.2, 0) is 0 Å². The molecule has 0 saturated heterocycles. The highest BCUT2D eigenvalue weighted by atomic mass is 35.5. The molecule has 110 valence electrons. The second-order valence-corrected chi connectivity index (χ2v) is 5.04. The van der Waals surface area contributed by atoms with Gasteiger partial charge in [0.2, 0.25) is 0 Å². The second-order valence-electron chi connectivity index (χ2n) is 4.66. The maximum Gasteiger partial charge on any atom is 0.184 e. The second kappa shape index (κ2) is 5.65. The van der Waals surface area contributed by atoms with Crippen LogP contribution in [0.25, 0.3) is 10.9 Å². The van der Waals surface area contributed by atoms with E-state index >= 15 is 0 Å². The minimum absolute atomic E-state index is 0.0932. The van der Waals surface area contributed by atoms with E-state index in [0.29, 0.717) is 5.56 Å². The summed E-state index contributed by atoms with van der Waals surface area (Å²) in [7, 11) is 0. The first-order valence-electron chi connectivity index (χ1n) is 6.44. The number of halogens is 2. The van der Waals surface area contributed by atoms with Gasteiger partial charge in [-0.3, -0.25) is 15.8 Å². The quantitative estimate of drug-likeness (QED) is 0.563. The van der Waals surface area contributed by atoms with Gasteiger partial charge in [0.05, 0.1) is 5.52 Å².